The number of benzene rings is 1. The molecule has 0 saturated carbocycles. The number of carbonyl (C=O) groups is 1. The molecule has 1 aromatic rings. The summed E-state index contributed by atoms with van der Waals surface area (Å²) in [5.41, 5.74) is -0.479. The van der Waals surface area contributed by atoms with E-state index in [-0.39, 0.29) is 13.1 Å². The molecule has 1 heterocycles. The van der Waals surface area contributed by atoms with E-state index >= 15 is 0 Å². The summed E-state index contributed by atoms with van der Waals surface area (Å²) in [5, 5.41) is 4.99. The normalized spacial score (nSPS) is 17.2. The Morgan fingerprint density at radius 3 is 2.50 bits per heavy atom. The van der Waals surface area contributed by atoms with Crippen molar-refractivity contribution in [3.05, 3.63) is 29.6 Å². The van der Waals surface area contributed by atoms with Gasteiger partial charge in [0.05, 0.1) is 5.56 Å². The summed E-state index contributed by atoms with van der Waals surface area (Å²) in [4.78, 5) is 13.3. The van der Waals surface area contributed by atoms with Gasteiger partial charge in [-0.25, -0.2) is 4.39 Å². The van der Waals surface area contributed by atoms with E-state index < -0.39 is 48.4 Å². The van der Waals surface area contributed by atoms with E-state index in [9.17, 15) is 31.1 Å². The number of hydrogen-bond acceptors (Lipinski definition) is 4. The molecule has 2 rings (SSSR count). The van der Waals surface area contributed by atoms with Gasteiger partial charge in [0.15, 0.2) is 0 Å². The zero-order valence-electron chi connectivity index (χ0n) is 13.5. The fourth-order valence-electron chi connectivity index (χ4n) is 2.61. The molecule has 0 radical (unpaired) electrons. The van der Waals surface area contributed by atoms with Gasteiger partial charge < -0.3 is 15.4 Å². The SMILES string of the molecule is O=C(NCC(N1CCNCC1)C(F)(F)F)c1ccc(F)cc1OC(F)F. The zero-order chi connectivity index (χ0) is 19.3. The maximum absolute atomic E-state index is 13.3. The predicted octanol–water partition coefficient (Wildman–Crippen LogP) is 1.99. The van der Waals surface area contributed by atoms with Crippen LogP contribution in [0.3, 0.4) is 0 Å². The van der Waals surface area contributed by atoms with Crippen LogP contribution in [-0.2, 0) is 0 Å². The number of hydrogen-bond donors (Lipinski definition) is 2. The minimum Gasteiger partial charge on any atom is -0.434 e. The molecule has 1 fully saturated rings. The lowest BCUT2D eigenvalue weighted by Gasteiger charge is -2.35. The van der Waals surface area contributed by atoms with E-state index in [2.05, 4.69) is 15.4 Å². The van der Waals surface area contributed by atoms with Gasteiger partial charge in [-0.05, 0) is 12.1 Å². The Hall–Kier alpha value is -2.01. The first-order valence-corrected chi connectivity index (χ1v) is 7.72. The smallest absolute Gasteiger partial charge is 0.405 e. The van der Waals surface area contributed by atoms with Crippen molar-refractivity contribution in [3.63, 3.8) is 0 Å². The van der Waals surface area contributed by atoms with E-state index in [1.165, 1.54) is 4.90 Å². The highest BCUT2D eigenvalue weighted by Crippen LogP contribution is 2.26. The Morgan fingerprint density at radius 2 is 1.92 bits per heavy atom. The lowest BCUT2D eigenvalue weighted by Crippen LogP contribution is -2.57. The van der Waals surface area contributed by atoms with Crippen LogP contribution in [0.15, 0.2) is 18.2 Å². The van der Waals surface area contributed by atoms with Crippen molar-refractivity contribution in [3.8, 4) is 5.75 Å². The molecule has 1 saturated heterocycles. The fourth-order valence-corrected chi connectivity index (χ4v) is 2.61. The van der Waals surface area contributed by atoms with Crippen LogP contribution in [0.5, 0.6) is 5.75 Å². The highest BCUT2D eigenvalue weighted by atomic mass is 19.4. The summed E-state index contributed by atoms with van der Waals surface area (Å²) in [7, 11) is 0. The minimum atomic E-state index is -4.59. The molecule has 11 heteroatoms. The van der Waals surface area contributed by atoms with E-state index in [1.807, 2.05) is 0 Å². The predicted molar refractivity (Wildman–Crippen MR) is 79.7 cm³/mol. The number of amides is 1. The minimum absolute atomic E-state index is 0.149. The first kappa shape index (κ1) is 20.3. The molecule has 26 heavy (non-hydrogen) atoms. The number of piperazine rings is 1. The summed E-state index contributed by atoms with van der Waals surface area (Å²) in [6.07, 6.45) is -4.59. The van der Waals surface area contributed by atoms with E-state index in [0.717, 1.165) is 12.1 Å². The monoisotopic (exact) mass is 385 g/mol. The molecule has 2 N–H and O–H groups in total. The third-order valence-electron chi connectivity index (χ3n) is 3.83. The van der Waals surface area contributed by atoms with Crippen LogP contribution in [0.25, 0.3) is 0 Å². The molecule has 0 aromatic heterocycles. The van der Waals surface area contributed by atoms with Crippen LogP contribution in [0.4, 0.5) is 26.3 Å². The molecule has 0 bridgehead atoms. The van der Waals surface area contributed by atoms with E-state index in [0.29, 0.717) is 19.2 Å². The molecular formula is C15H17F6N3O2. The zero-order valence-corrected chi connectivity index (χ0v) is 13.5. The number of nitrogens with zero attached hydrogens (tertiary/aromatic N) is 1. The van der Waals surface area contributed by atoms with Gasteiger partial charge in [0.1, 0.15) is 17.6 Å². The lowest BCUT2D eigenvalue weighted by molar-refractivity contribution is -0.183. The number of halogens is 6. The summed E-state index contributed by atoms with van der Waals surface area (Å²) in [5.74, 6) is -2.74. The number of alkyl halides is 5. The molecule has 1 aliphatic heterocycles. The number of nitrogens with one attached hydrogen (secondary N) is 2. The third-order valence-corrected chi connectivity index (χ3v) is 3.83. The molecular weight excluding hydrogens is 368 g/mol. The van der Waals surface area contributed by atoms with Crippen molar-refractivity contribution < 1.29 is 35.9 Å². The quantitative estimate of drug-likeness (QED) is 0.736. The summed E-state index contributed by atoms with van der Waals surface area (Å²) < 4.78 is 81.8. The van der Waals surface area contributed by atoms with Crippen molar-refractivity contribution in [1.29, 1.82) is 0 Å². The molecule has 1 aromatic carbocycles. The average molecular weight is 385 g/mol. The maximum atomic E-state index is 13.3. The maximum Gasteiger partial charge on any atom is 0.405 e. The van der Waals surface area contributed by atoms with Gasteiger partial charge in [0.2, 0.25) is 0 Å². The van der Waals surface area contributed by atoms with Crippen LogP contribution in [0.1, 0.15) is 10.4 Å². The second-order valence-electron chi connectivity index (χ2n) is 5.57. The van der Waals surface area contributed by atoms with Crippen molar-refractivity contribution in [2.75, 3.05) is 32.7 Å². The van der Waals surface area contributed by atoms with Gasteiger partial charge in [-0.1, -0.05) is 0 Å². The largest absolute Gasteiger partial charge is 0.434 e. The highest BCUT2D eigenvalue weighted by molar-refractivity contribution is 5.96. The van der Waals surface area contributed by atoms with E-state index in [4.69, 9.17) is 0 Å². The molecule has 1 amide bonds. The second kappa shape index (κ2) is 8.58. The number of ether oxygens (including phenoxy) is 1. The van der Waals surface area contributed by atoms with Gasteiger partial charge in [0, 0.05) is 38.8 Å². The van der Waals surface area contributed by atoms with Gasteiger partial charge in [-0.3, -0.25) is 9.69 Å². The van der Waals surface area contributed by atoms with Gasteiger partial charge in [-0.15, -0.1) is 0 Å². The van der Waals surface area contributed by atoms with Crippen molar-refractivity contribution in [2.45, 2.75) is 18.8 Å². The number of carbonyl (C=O) groups excluding carboxylic acids is 1. The highest BCUT2D eigenvalue weighted by Gasteiger charge is 2.43. The molecule has 0 aliphatic carbocycles. The van der Waals surface area contributed by atoms with E-state index in [1.54, 1.807) is 0 Å². The first-order valence-electron chi connectivity index (χ1n) is 7.72. The molecule has 1 atom stereocenters. The summed E-state index contributed by atoms with van der Waals surface area (Å²) in [6, 6.07) is 0.340. The van der Waals surface area contributed by atoms with Crippen LogP contribution in [-0.4, -0.2) is 62.4 Å². The summed E-state index contributed by atoms with van der Waals surface area (Å²) >= 11 is 0. The van der Waals surface area contributed by atoms with Crippen LogP contribution >= 0.6 is 0 Å². The molecule has 1 aliphatic rings. The number of rotatable bonds is 6. The Kier molecular flexibility index (Phi) is 6.70. The Bertz CT molecular complexity index is 620. The van der Waals surface area contributed by atoms with Crippen molar-refractivity contribution in [2.24, 2.45) is 0 Å². The summed E-state index contributed by atoms with van der Waals surface area (Å²) in [6.45, 7) is -3.02. The average Bonchev–Trinajstić information content (AvgIpc) is 2.54. The Labute approximate surface area is 145 Å². The van der Waals surface area contributed by atoms with Gasteiger partial charge in [0.25, 0.3) is 5.91 Å². The van der Waals surface area contributed by atoms with Crippen LogP contribution in [0, 0.1) is 5.82 Å². The fraction of sp³-hybridized carbons (Fsp3) is 0.533. The van der Waals surface area contributed by atoms with Crippen molar-refractivity contribution >= 4 is 5.91 Å². The van der Waals surface area contributed by atoms with Crippen molar-refractivity contribution in [1.82, 2.24) is 15.5 Å². The third kappa shape index (κ3) is 5.49. The topological polar surface area (TPSA) is 53.6 Å². The van der Waals surface area contributed by atoms with Crippen LogP contribution < -0.4 is 15.4 Å². The Balaban J connectivity index is 2.10. The first-order chi connectivity index (χ1) is 12.2. The van der Waals surface area contributed by atoms with Gasteiger partial charge in [-0.2, -0.15) is 22.0 Å². The molecule has 0 spiro atoms. The van der Waals surface area contributed by atoms with Gasteiger partial charge >= 0.3 is 12.8 Å². The molecule has 5 nitrogen and oxygen atoms in total. The Morgan fingerprint density at radius 1 is 1.27 bits per heavy atom. The second-order valence-corrected chi connectivity index (χ2v) is 5.57. The molecule has 1 unspecified atom stereocenters. The van der Waals surface area contributed by atoms with Crippen LogP contribution in [0.2, 0.25) is 0 Å². The lowest BCUT2D eigenvalue weighted by atomic mass is 10.1. The standard InChI is InChI=1S/C15H17F6N3O2/c16-9-1-2-10(11(7-9)26-14(17)18)13(25)23-8-12(15(19,20)21)24-5-3-22-4-6-24/h1-2,7,12,14,22H,3-6,8H2,(H,23,25). The molecule has 146 valence electrons.